The van der Waals surface area contributed by atoms with Gasteiger partial charge in [0.2, 0.25) is 0 Å². The summed E-state index contributed by atoms with van der Waals surface area (Å²) in [6.45, 7) is 0.355. The van der Waals surface area contributed by atoms with Gasteiger partial charge in [-0.2, -0.15) is 0 Å². The van der Waals surface area contributed by atoms with Crippen molar-refractivity contribution in [2.45, 2.75) is 25.4 Å². The van der Waals surface area contributed by atoms with Crippen molar-refractivity contribution in [1.82, 2.24) is 4.90 Å². The summed E-state index contributed by atoms with van der Waals surface area (Å²) in [7, 11) is 0. The van der Waals surface area contributed by atoms with Gasteiger partial charge in [0.05, 0.1) is 9.40 Å². The standard InChI is InChI=1S/C17H14BrFN2O3/c18-15-8-3-12(9-16(15)21(23)24)17(22)20(14-6-7-14)10-11-1-4-13(19)5-2-11/h1-5,8-9,14H,6-7,10H2. The highest BCUT2D eigenvalue weighted by Crippen LogP contribution is 2.32. The number of nitro benzene ring substituents is 1. The molecule has 0 spiro atoms. The van der Waals surface area contributed by atoms with Gasteiger partial charge in [-0.3, -0.25) is 14.9 Å². The van der Waals surface area contributed by atoms with E-state index in [0.717, 1.165) is 18.4 Å². The second kappa shape index (κ2) is 6.68. The summed E-state index contributed by atoms with van der Waals surface area (Å²) in [5, 5.41) is 11.1. The number of halogens is 2. The molecule has 0 unspecified atom stereocenters. The van der Waals surface area contributed by atoms with Crippen molar-refractivity contribution in [3.63, 3.8) is 0 Å². The number of carbonyl (C=O) groups is 1. The Kier molecular flexibility index (Phi) is 4.62. The molecule has 1 saturated carbocycles. The fourth-order valence-electron chi connectivity index (χ4n) is 2.49. The second-order valence-corrected chi connectivity index (χ2v) is 6.57. The van der Waals surface area contributed by atoms with Crippen LogP contribution in [0, 0.1) is 15.9 Å². The molecule has 0 atom stereocenters. The summed E-state index contributed by atoms with van der Waals surface area (Å²) < 4.78 is 13.4. The molecule has 0 aromatic heterocycles. The molecule has 0 aliphatic heterocycles. The number of nitro groups is 1. The fourth-order valence-corrected chi connectivity index (χ4v) is 2.88. The smallest absolute Gasteiger partial charge is 0.284 e. The zero-order valence-electron chi connectivity index (χ0n) is 12.6. The Morgan fingerprint density at radius 1 is 1.25 bits per heavy atom. The van der Waals surface area contributed by atoms with Crippen molar-refractivity contribution in [3.8, 4) is 0 Å². The molecule has 0 heterocycles. The molecule has 0 saturated heterocycles. The lowest BCUT2D eigenvalue weighted by molar-refractivity contribution is -0.385. The van der Waals surface area contributed by atoms with Gasteiger partial charge >= 0.3 is 0 Å². The largest absolute Gasteiger partial charge is 0.331 e. The molecule has 1 fully saturated rings. The van der Waals surface area contributed by atoms with Crippen LogP contribution in [0.25, 0.3) is 0 Å². The van der Waals surface area contributed by atoms with Crippen molar-refractivity contribution < 1.29 is 14.1 Å². The van der Waals surface area contributed by atoms with E-state index < -0.39 is 4.92 Å². The third-order valence-corrected chi connectivity index (χ3v) is 4.58. The summed E-state index contributed by atoms with van der Waals surface area (Å²) in [4.78, 5) is 25.0. The lowest BCUT2D eigenvalue weighted by Crippen LogP contribution is -2.32. The average Bonchev–Trinajstić information content (AvgIpc) is 3.38. The second-order valence-electron chi connectivity index (χ2n) is 5.71. The van der Waals surface area contributed by atoms with Crippen LogP contribution >= 0.6 is 15.9 Å². The van der Waals surface area contributed by atoms with E-state index in [9.17, 15) is 19.3 Å². The Morgan fingerprint density at radius 2 is 1.92 bits per heavy atom. The number of rotatable bonds is 5. The van der Waals surface area contributed by atoms with Crippen LogP contribution in [-0.2, 0) is 6.54 Å². The van der Waals surface area contributed by atoms with Crippen LogP contribution in [0.1, 0.15) is 28.8 Å². The quantitative estimate of drug-likeness (QED) is 0.562. The minimum Gasteiger partial charge on any atom is -0.331 e. The van der Waals surface area contributed by atoms with E-state index in [1.165, 1.54) is 24.3 Å². The van der Waals surface area contributed by atoms with Gasteiger partial charge < -0.3 is 4.90 Å². The van der Waals surface area contributed by atoms with Gasteiger partial charge in [-0.1, -0.05) is 12.1 Å². The Bertz CT molecular complexity index is 791. The molecule has 24 heavy (non-hydrogen) atoms. The van der Waals surface area contributed by atoms with E-state index in [1.807, 2.05) is 0 Å². The molecule has 3 rings (SSSR count). The van der Waals surface area contributed by atoms with E-state index in [-0.39, 0.29) is 29.0 Å². The summed E-state index contributed by atoms with van der Waals surface area (Å²) in [5.74, 6) is -0.580. The molecule has 1 aliphatic carbocycles. The van der Waals surface area contributed by atoms with Crippen molar-refractivity contribution in [2.75, 3.05) is 0 Å². The minimum atomic E-state index is -0.525. The molecule has 2 aromatic carbocycles. The summed E-state index contributed by atoms with van der Waals surface area (Å²) in [5.41, 5.74) is 0.959. The maximum absolute atomic E-state index is 13.0. The monoisotopic (exact) mass is 392 g/mol. The molecule has 7 heteroatoms. The molecule has 2 aromatic rings. The lowest BCUT2D eigenvalue weighted by atomic mass is 10.1. The SMILES string of the molecule is O=C(c1ccc(Br)c([N+](=O)[O-])c1)N(Cc1ccc(F)cc1)C1CC1. The van der Waals surface area contributed by atoms with Crippen LogP contribution < -0.4 is 0 Å². The van der Waals surface area contributed by atoms with Crippen LogP contribution in [0.2, 0.25) is 0 Å². The highest BCUT2D eigenvalue weighted by atomic mass is 79.9. The third-order valence-electron chi connectivity index (χ3n) is 3.90. The number of hydrogen-bond acceptors (Lipinski definition) is 3. The van der Waals surface area contributed by atoms with Crippen LogP contribution in [-0.4, -0.2) is 21.8 Å². The van der Waals surface area contributed by atoms with Gasteiger partial charge in [0, 0.05) is 24.2 Å². The molecular weight excluding hydrogens is 379 g/mol. The summed E-state index contributed by atoms with van der Waals surface area (Å²) >= 11 is 3.12. The third kappa shape index (κ3) is 3.62. The first-order valence-electron chi connectivity index (χ1n) is 7.45. The highest BCUT2D eigenvalue weighted by molar-refractivity contribution is 9.10. The maximum atomic E-state index is 13.0. The van der Waals surface area contributed by atoms with E-state index in [4.69, 9.17) is 0 Å². The number of carbonyl (C=O) groups excluding carboxylic acids is 1. The number of benzene rings is 2. The molecule has 124 valence electrons. The van der Waals surface area contributed by atoms with Gasteiger partial charge in [0.1, 0.15) is 5.82 Å². The molecule has 0 N–H and O–H groups in total. The first-order valence-corrected chi connectivity index (χ1v) is 8.24. The minimum absolute atomic E-state index is 0.130. The van der Waals surface area contributed by atoms with E-state index in [0.29, 0.717) is 11.0 Å². The van der Waals surface area contributed by atoms with E-state index in [1.54, 1.807) is 23.1 Å². The van der Waals surface area contributed by atoms with Crippen molar-refractivity contribution in [1.29, 1.82) is 0 Å². The van der Waals surface area contributed by atoms with Crippen LogP contribution in [0.15, 0.2) is 46.9 Å². The van der Waals surface area contributed by atoms with E-state index in [2.05, 4.69) is 15.9 Å². The van der Waals surface area contributed by atoms with Crippen molar-refractivity contribution in [2.24, 2.45) is 0 Å². The average molecular weight is 393 g/mol. The Balaban J connectivity index is 1.86. The van der Waals surface area contributed by atoms with E-state index >= 15 is 0 Å². The highest BCUT2D eigenvalue weighted by Gasteiger charge is 2.33. The first kappa shape index (κ1) is 16.6. The predicted octanol–water partition coefficient (Wildman–Crippen LogP) is 4.30. The summed E-state index contributed by atoms with van der Waals surface area (Å²) in [6.07, 6.45) is 1.82. The lowest BCUT2D eigenvalue weighted by Gasteiger charge is -2.22. The Labute approximate surface area is 146 Å². The maximum Gasteiger partial charge on any atom is 0.284 e. The zero-order valence-corrected chi connectivity index (χ0v) is 14.2. The number of amides is 1. The van der Waals surface area contributed by atoms with Gasteiger partial charge in [-0.05, 0) is 58.6 Å². The van der Waals surface area contributed by atoms with Crippen molar-refractivity contribution in [3.05, 3.63) is 74.0 Å². The Morgan fingerprint density at radius 3 is 2.50 bits per heavy atom. The molecule has 1 amide bonds. The van der Waals surface area contributed by atoms with Crippen LogP contribution in [0.3, 0.4) is 0 Å². The van der Waals surface area contributed by atoms with Gasteiger partial charge in [0.25, 0.3) is 11.6 Å². The van der Waals surface area contributed by atoms with Crippen LogP contribution in [0.4, 0.5) is 10.1 Å². The summed E-state index contributed by atoms with van der Waals surface area (Å²) in [6, 6.07) is 10.5. The number of nitrogens with zero attached hydrogens (tertiary/aromatic N) is 2. The molecule has 0 bridgehead atoms. The van der Waals surface area contributed by atoms with Gasteiger partial charge in [0.15, 0.2) is 0 Å². The topological polar surface area (TPSA) is 63.4 Å². The molecule has 1 aliphatic rings. The molecule has 0 radical (unpaired) electrons. The number of hydrogen-bond donors (Lipinski definition) is 0. The Hall–Kier alpha value is -2.28. The van der Waals surface area contributed by atoms with Gasteiger partial charge in [-0.25, -0.2) is 4.39 Å². The van der Waals surface area contributed by atoms with Crippen molar-refractivity contribution >= 4 is 27.5 Å². The fraction of sp³-hybridized carbons (Fsp3) is 0.235. The van der Waals surface area contributed by atoms with Crippen LogP contribution in [0.5, 0.6) is 0 Å². The van der Waals surface area contributed by atoms with Gasteiger partial charge in [-0.15, -0.1) is 0 Å². The first-order chi connectivity index (χ1) is 11.5. The molecule has 5 nitrogen and oxygen atoms in total. The molecular formula is C17H14BrFN2O3. The predicted molar refractivity (Wildman–Crippen MR) is 90.1 cm³/mol. The normalized spacial score (nSPS) is 13.6. The zero-order chi connectivity index (χ0) is 17.3.